The first-order valence-electron chi connectivity index (χ1n) is 22.1. The van der Waals surface area contributed by atoms with E-state index < -0.39 is 117 Å². The second kappa shape index (κ2) is 19.3. The summed E-state index contributed by atoms with van der Waals surface area (Å²) in [6.07, 6.45) is 0.774. The molecule has 1 aromatic carbocycles. The van der Waals surface area contributed by atoms with Gasteiger partial charge in [0.05, 0.1) is 30.2 Å². The molecule has 1 saturated heterocycles. The number of halogens is 4. The van der Waals surface area contributed by atoms with Crippen LogP contribution in [0.25, 0.3) is 0 Å². The number of carbonyl (C=O) groups is 6. The second-order valence-electron chi connectivity index (χ2n) is 19.0. The van der Waals surface area contributed by atoms with E-state index in [-0.39, 0.29) is 55.1 Å². The maximum absolute atomic E-state index is 17.8. The monoisotopic (exact) mass is 979 g/mol. The van der Waals surface area contributed by atoms with Crippen molar-refractivity contribution < 1.29 is 62.0 Å². The normalized spacial score (nSPS) is 37.2. The zero-order chi connectivity index (χ0) is 46.3. The number of aliphatic hydroxyl groups excluding tert-OH is 2. The van der Waals surface area contributed by atoms with Gasteiger partial charge in [-0.05, 0) is 117 Å². The number of nitrogens with one attached hydrogen (secondary N) is 3. The highest BCUT2D eigenvalue weighted by Crippen LogP contribution is 2.72. The standard InChI is InChI=1S/C46H57BrF3N3O10S/c1-44-19-34(55)46(50)29(17-31(49)30-16-27(54)13-14-45(30,46)2)28(44)18-33-39(44)38(40(60)43(62)64-22-48)41(63-33)25-7-3-23(4-8-25)15-24-5-9-26(10-6-24)52-42(61)32(11-12-37(58)59)53-36(57)21-51-35(56)20-47/h3-4,7-8,13-14,16,24,26,28-29,31-34,38-41,55,60H,5-6,9-12,15,17-22H2,1-2H3,(H,51,56)(H,52,61)(H,53,57)(H,58,59)/t24?,26?,28-,29-,31-,32-,33+,34-,38?,39?,40-,41-,44-,45-,46-/m0/s1. The molecule has 0 radical (unpaired) electrons. The number of amides is 3. The minimum atomic E-state index is -2.29. The van der Waals surface area contributed by atoms with Crippen LogP contribution in [0.1, 0.15) is 88.9 Å². The predicted octanol–water partition coefficient (Wildman–Crippen LogP) is 4.91. The molecule has 5 fully saturated rings. The summed E-state index contributed by atoms with van der Waals surface area (Å²) in [5.74, 6) is -5.66. The average molecular weight is 981 g/mol. The summed E-state index contributed by atoms with van der Waals surface area (Å²) in [4.78, 5) is 73.9. The SMILES string of the molecule is C[C@]12C=CC(=O)C=C1[C@@H](F)C[C@H]1[C@@H]3C[C@H]4O[C@@H](c5ccc(CC6CCC(NC(=O)[C@H](CCC(=O)O)NC(=O)CNC(=O)CBr)CC6)cc5)C([C@H](O)C(=O)SCF)C4[C@@]3(C)C[C@H](O)[C@@]12F. The van der Waals surface area contributed by atoms with Crippen LogP contribution in [0.5, 0.6) is 0 Å². The Bertz CT molecular complexity index is 2060. The number of hydrogen-bond acceptors (Lipinski definition) is 10. The largest absolute Gasteiger partial charge is 0.481 e. The highest BCUT2D eigenvalue weighted by Gasteiger charge is 2.75. The van der Waals surface area contributed by atoms with E-state index in [1.165, 1.54) is 19.1 Å². The number of carboxylic acids is 1. The topological polar surface area (TPSA) is 208 Å². The van der Waals surface area contributed by atoms with E-state index in [1.807, 2.05) is 31.2 Å². The highest BCUT2D eigenvalue weighted by atomic mass is 79.9. The summed E-state index contributed by atoms with van der Waals surface area (Å²) in [6, 6.07) is 5.39. The first-order chi connectivity index (χ1) is 30.3. The molecule has 0 aromatic heterocycles. The molecular weight excluding hydrogens is 923 g/mol. The van der Waals surface area contributed by atoms with Gasteiger partial charge in [-0.2, -0.15) is 0 Å². The van der Waals surface area contributed by atoms with Crippen molar-refractivity contribution in [3.05, 3.63) is 59.2 Å². The minimum absolute atomic E-state index is 0.000833. The average Bonchev–Trinajstić information content (AvgIpc) is 3.78. The molecule has 2 unspecified atom stereocenters. The molecule has 64 heavy (non-hydrogen) atoms. The highest BCUT2D eigenvalue weighted by molar-refractivity contribution is 9.09. The fourth-order valence-electron chi connectivity index (χ4n) is 12.5. The number of carbonyl (C=O) groups excluding carboxylic acids is 5. The number of alkyl halides is 4. The number of allylic oxidation sites excluding steroid dienone is 4. The first kappa shape index (κ1) is 48.4. The Hall–Kier alpha value is -3.58. The lowest BCUT2D eigenvalue weighted by Gasteiger charge is -2.62. The number of aliphatic carboxylic acids is 1. The molecule has 4 saturated carbocycles. The third-order valence-corrected chi connectivity index (χ3v) is 16.6. The maximum atomic E-state index is 17.8. The van der Waals surface area contributed by atoms with Gasteiger partial charge in [0.1, 0.15) is 24.3 Å². The van der Waals surface area contributed by atoms with Crippen molar-refractivity contribution >= 4 is 62.3 Å². The zero-order valence-electron chi connectivity index (χ0n) is 35.8. The molecule has 7 rings (SSSR count). The summed E-state index contributed by atoms with van der Waals surface area (Å²) in [7, 11) is 0. The predicted molar refractivity (Wildman–Crippen MR) is 233 cm³/mol. The molecule has 0 spiro atoms. The number of fused-ring (bicyclic) bond motifs is 7. The Morgan fingerprint density at radius 3 is 2.39 bits per heavy atom. The number of benzene rings is 1. The fourth-order valence-corrected chi connectivity index (χ4v) is 13.1. The van der Waals surface area contributed by atoms with E-state index in [0.29, 0.717) is 36.6 Å². The number of carboxylic acid groups (broad SMARTS) is 1. The van der Waals surface area contributed by atoms with Gasteiger partial charge in [-0.15, -0.1) is 0 Å². The number of hydrogen-bond donors (Lipinski definition) is 6. The number of ether oxygens (including phenoxy) is 1. The van der Waals surface area contributed by atoms with Gasteiger partial charge in [0.15, 0.2) is 11.5 Å². The fraction of sp³-hybridized carbons (Fsp3) is 0.652. The van der Waals surface area contributed by atoms with Gasteiger partial charge < -0.3 is 36.0 Å². The number of aliphatic hydroxyl groups is 2. The van der Waals surface area contributed by atoms with E-state index in [1.54, 1.807) is 0 Å². The number of ketones is 1. The summed E-state index contributed by atoms with van der Waals surface area (Å²) in [5, 5.41) is 39.9. The van der Waals surface area contributed by atoms with Gasteiger partial charge in [-0.3, -0.25) is 28.8 Å². The summed E-state index contributed by atoms with van der Waals surface area (Å²) in [5.41, 5.74) is -3.00. The van der Waals surface area contributed by atoms with Crippen LogP contribution in [0.4, 0.5) is 13.2 Å². The van der Waals surface area contributed by atoms with Gasteiger partial charge in [-0.25, -0.2) is 13.2 Å². The van der Waals surface area contributed by atoms with Crippen LogP contribution < -0.4 is 16.0 Å². The van der Waals surface area contributed by atoms with Crippen molar-refractivity contribution in [2.24, 2.45) is 40.4 Å². The summed E-state index contributed by atoms with van der Waals surface area (Å²) in [6.45, 7) is 3.08. The number of thioether (sulfide) groups is 1. The molecule has 18 heteroatoms. The lowest BCUT2D eigenvalue weighted by molar-refractivity contribution is -0.206. The molecular formula is C46H57BrF3N3O10S. The second-order valence-corrected chi connectivity index (χ2v) is 20.5. The molecule has 6 aliphatic rings. The van der Waals surface area contributed by atoms with E-state index in [4.69, 9.17) is 4.74 Å². The van der Waals surface area contributed by atoms with Crippen LogP contribution in [0.2, 0.25) is 0 Å². The van der Waals surface area contributed by atoms with Crippen molar-refractivity contribution in [2.75, 3.05) is 17.9 Å². The molecule has 1 heterocycles. The van der Waals surface area contributed by atoms with E-state index in [9.17, 15) is 48.5 Å². The van der Waals surface area contributed by atoms with Crippen molar-refractivity contribution in [1.82, 2.24) is 16.0 Å². The summed E-state index contributed by atoms with van der Waals surface area (Å²) >= 11 is 3.36. The smallest absolute Gasteiger partial charge is 0.303 e. The minimum Gasteiger partial charge on any atom is -0.481 e. The van der Waals surface area contributed by atoms with Gasteiger partial charge in [0.25, 0.3) is 0 Å². The van der Waals surface area contributed by atoms with E-state index >= 15 is 8.78 Å². The Morgan fingerprint density at radius 2 is 1.73 bits per heavy atom. The quantitative estimate of drug-likeness (QED) is 0.130. The van der Waals surface area contributed by atoms with Crippen molar-refractivity contribution in [1.29, 1.82) is 0 Å². The first-order valence-corrected chi connectivity index (χ1v) is 24.2. The Labute approximate surface area is 382 Å². The molecule has 1 aliphatic heterocycles. The molecule has 3 amide bonds. The lowest BCUT2D eigenvalue weighted by Crippen LogP contribution is -2.68. The third kappa shape index (κ3) is 9.11. The van der Waals surface area contributed by atoms with Gasteiger partial charge >= 0.3 is 5.97 Å². The van der Waals surface area contributed by atoms with Crippen molar-refractivity contribution in [2.45, 2.75) is 126 Å². The number of rotatable bonds is 15. The third-order valence-electron chi connectivity index (χ3n) is 15.5. The Balaban J connectivity index is 1.01. The van der Waals surface area contributed by atoms with E-state index in [2.05, 4.69) is 31.9 Å². The van der Waals surface area contributed by atoms with Crippen LogP contribution >= 0.6 is 27.7 Å². The van der Waals surface area contributed by atoms with Crippen LogP contribution in [-0.2, 0) is 39.9 Å². The van der Waals surface area contributed by atoms with Gasteiger partial charge in [0, 0.05) is 29.7 Å². The zero-order valence-corrected chi connectivity index (χ0v) is 38.2. The lowest BCUT2D eigenvalue weighted by atomic mass is 9.44. The molecule has 350 valence electrons. The van der Waals surface area contributed by atoms with Gasteiger partial charge in [-0.1, -0.05) is 65.0 Å². The van der Waals surface area contributed by atoms with Crippen molar-refractivity contribution in [3.8, 4) is 0 Å². The molecule has 0 bridgehead atoms. The molecule has 6 N–H and O–H groups in total. The molecule has 13 atom stereocenters. The summed E-state index contributed by atoms with van der Waals surface area (Å²) < 4.78 is 54.1. The van der Waals surface area contributed by atoms with Crippen molar-refractivity contribution in [3.63, 3.8) is 0 Å². The molecule has 13 nitrogen and oxygen atoms in total. The Morgan fingerprint density at radius 1 is 1.03 bits per heavy atom. The van der Waals surface area contributed by atoms with E-state index in [0.717, 1.165) is 30.9 Å². The maximum Gasteiger partial charge on any atom is 0.303 e. The van der Waals surface area contributed by atoms with Crippen LogP contribution in [0.15, 0.2) is 48.1 Å². The van der Waals surface area contributed by atoms with Crippen LogP contribution in [0.3, 0.4) is 0 Å². The van der Waals surface area contributed by atoms with Gasteiger partial charge in [0.2, 0.25) is 22.8 Å². The Kier molecular flexibility index (Phi) is 14.6. The molecule has 5 aliphatic carbocycles. The van der Waals surface area contributed by atoms with Crippen LogP contribution in [-0.4, -0.2) is 110 Å². The molecule has 1 aromatic rings. The van der Waals surface area contributed by atoms with Crippen LogP contribution in [0, 0.1) is 40.4 Å².